The van der Waals surface area contributed by atoms with E-state index in [0.717, 1.165) is 18.0 Å². The smallest absolute Gasteiger partial charge is 0.123 e. The number of benzene rings is 1. The van der Waals surface area contributed by atoms with Gasteiger partial charge in [-0.15, -0.1) is 0 Å². The lowest BCUT2D eigenvalue weighted by Crippen LogP contribution is -2.26. The Balaban J connectivity index is 2.56. The van der Waals surface area contributed by atoms with Crippen molar-refractivity contribution in [1.82, 2.24) is 0 Å². The molecule has 0 bridgehead atoms. The molecule has 1 nitrogen and oxygen atoms in total. The highest BCUT2D eigenvalue weighted by atomic mass is 32.1. The van der Waals surface area contributed by atoms with Gasteiger partial charge in [0.2, 0.25) is 0 Å². The summed E-state index contributed by atoms with van der Waals surface area (Å²) >= 11 is 4.37. The van der Waals surface area contributed by atoms with Gasteiger partial charge in [0.15, 0.2) is 0 Å². The number of hydrogen-bond donors (Lipinski definition) is 1. The number of hydrogen-bond acceptors (Lipinski definition) is 2. The van der Waals surface area contributed by atoms with Gasteiger partial charge >= 0.3 is 0 Å². The Morgan fingerprint density at radius 3 is 2.44 bits per heavy atom. The molecular formula is C13H20FNS. The molecule has 0 saturated heterocycles. The van der Waals surface area contributed by atoms with Crippen molar-refractivity contribution in [1.29, 1.82) is 0 Å². The molecule has 0 radical (unpaired) electrons. The molecule has 0 aliphatic carbocycles. The summed E-state index contributed by atoms with van der Waals surface area (Å²) in [6, 6.07) is 6.64. The summed E-state index contributed by atoms with van der Waals surface area (Å²) in [5.74, 6) is 1.32. The fourth-order valence-electron chi connectivity index (χ4n) is 1.84. The molecule has 0 saturated carbocycles. The highest BCUT2D eigenvalue weighted by molar-refractivity contribution is 7.80. The van der Waals surface area contributed by atoms with Gasteiger partial charge in [0.05, 0.1) is 0 Å². The van der Waals surface area contributed by atoms with Crippen LogP contribution in [0, 0.1) is 11.7 Å². The molecule has 16 heavy (non-hydrogen) atoms. The van der Waals surface area contributed by atoms with Crippen molar-refractivity contribution in [2.45, 2.75) is 19.8 Å². The zero-order chi connectivity index (χ0) is 12.0. The molecule has 1 unspecified atom stereocenters. The van der Waals surface area contributed by atoms with Crippen LogP contribution in [-0.4, -0.2) is 19.3 Å². The standard InChI is InChI=1S/C13H20FNS/c1-3-4-11(10-16)9-15(2)13-7-5-12(14)6-8-13/h5-8,11,16H,3-4,9-10H2,1-2H3. The van der Waals surface area contributed by atoms with Gasteiger partial charge < -0.3 is 4.90 Å². The largest absolute Gasteiger partial charge is 0.374 e. The number of thiol groups is 1. The topological polar surface area (TPSA) is 3.24 Å². The second kappa shape index (κ2) is 6.79. The fourth-order valence-corrected chi connectivity index (χ4v) is 2.13. The van der Waals surface area contributed by atoms with Crippen LogP contribution in [0.1, 0.15) is 19.8 Å². The van der Waals surface area contributed by atoms with E-state index in [0.29, 0.717) is 5.92 Å². The van der Waals surface area contributed by atoms with Crippen LogP contribution >= 0.6 is 12.6 Å². The molecule has 0 aliphatic rings. The quantitative estimate of drug-likeness (QED) is 0.745. The molecule has 0 heterocycles. The summed E-state index contributed by atoms with van der Waals surface area (Å²) in [5, 5.41) is 0. The third-order valence-electron chi connectivity index (χ3n) is 2.75. The highest BCUT2D eigenvalue weighted by Crippen LogP contribution is 2.17. The summed E-state index contributed by atoms with van der Waals surface area (Å²) in [6.45, 7) is 3.16. The van der Waals surface area contributed by atoms with E-state index in [4.69, 9.17) is 0 Å². The molecule has 1 rings (SSSR count). The van der Waals surface area contributed by atoms with Crippen molar-refractivity contribution < 1.29 is 4.39 Å². The van der Waals surface area contributed by atoms with E-state index in [1.54, 1.807) is 0 Å². The van der Waals surface area contributed by atoms with Crippen LogP contribution in [0.25, 0.3) is 0 Å². The molecule has 90 valence electrons. The van der Waals surface area contributed by atoms with Gasteiger partial charge in [-0.2, -0.15) is 12.6 Å². The van der Waals surface area contributed by atoms with Crippen molar-refractivity contribution >= 4 is 18.3 Å². The molecule has 0 N–H and O–H groups in total. The van der Waals surface area contributed by atoms with Gasteiger partial charge in [-0.1, -0.05) is 13.3 Å². The molecular weight excluding hydrogens is 221 g/mol. The maximum Gasteiger partial charge on any atom is 0.123 e. The third kappa shape index (κ3) is 4.05. The van der Waals surface area contributed by atoms with E-state index in [1.165, 1.54) is 25.0 Å². The zero-order valence-corrected chi connectivity index (χ0v) is 10.9. The van der Waals surface area contributed by atoms with E-state index >= 15 is 0 Å². The number of anilines is 1. The van der Waals surface area contributed by atoms with Crippen molar-refractivity contribution in [2.24, 2.45) is 5.92 Å². The van der Waals surface area contributed by atoms with Crippen LogP contribution < -0.4 is 4.90 Å². The lowest BCUT2D eigenvalue weighted by atomic mass is 10.1. The van der Waals surface area contributed by atoms with Crippen LogP contribution in [0.3, 0.4) is 0 Å². The van der Waals surface area contributed by atoms with Gasteiger partial charge in [-0.25, -0.2) is 4.39 Å². The maximum atomic E-state index is 12.8. The average molecular weight is 241 g/mol. The van der Waals surface area contributed by atoms with Crippen molar-refractivity contribution in [3.63, 3.8) is 0 Å². The van der Waals surface area contributed by atoms with E-state index in [1.807, 2.05) is 19.2 Å². The monoisotopic (exact) mass is 241 g/mol. The van der Waals surface area contributed by atoms with Gasteiger partial charge in [0.25, 0.3) is 0 Å². The third-order valence-corrected chi connectivity index (χ3v) is 3.27. The Morgan fingerprint density at radius 1 is 1.31 bits per heavy atom. The number of nitrogens with zero attached hydrogens (tertiary/aromatic N) is 1. The lowest BCUT2D eigenvalue weighted by Gasteiger charge is -2.24. The van der Waals surface area contributed by atoms with Crippen LogP contribution in [0.4, 0.5) is 10.1 Å². The van der Waals surface area contributed by atoms with E-state index in [9.17, 15) is 4.39 Å². The molecule has 0 amide bonds. The van der Waals surface area contributed by atoms with Gasteiger partial charge in [0.1, 0.15) is 5.82 Å². The Kier molecular flexibility index (Phi) is 5.67. The Morgan fingerprint density at radius 2 is 1.94 bits per heavy atom. The summed E-state index contributed by atoms with van der Waals surface area (Å²) in [5.41, 5.74) is 1.06. The van der Waals surface area contributed by atoms with Gasteiger partial charge in [-0.05, 0) is 42.4 Å². The van der Waals surface area contributed by atoms with Gasteiger partial charge in [-0.3, -0.25) is 0 Å². The first-order chi connectivity index (χ1) is 7.67. The normalized spacial score (nSPS) is 12.5. The second-order valence-electron chi connectivity index (χ2n) is 4.19. The molecule has 0 fully saturated rings. The molecule has 0 aliphatic heterocycles. The maximum absolute atomic E-state index is 12.8. The Labute approximate surface area is 103 Å². The zero-order valence-electron chi connectivity index (χ0n) is 9.99. The second-order valence-corrected chi connectivity index (χ2v) is 4.56. The van der Waals surface area contributed by atoms with Crippen LogP contribution in [0.2, 0.25) is 0 Å². The summed E-state index contributed by atoms with van der Waals surface area (Å²) < 4.78 is 12.8. The first kappa shape index (κ1) is 13.4. The molecule has 0 aromatic heterocycles. The SMILES string of the molecule is CCCC(CS)CN(C)c1ccc(F)cc1. The van der Waals surface area contributed by atoms with Crippen molar-refractivity contribution in [3.05, 3.63) is 30.1 Å². The first-order valence-corrected chi connectivity index (χ1v) is 6.38. The first-order valence-electron chi connectivity index (χ1n) is 5.75. The predicted octanol–water partition coefficient (Wildman–Crippen LogP) is 3.61. The lowest BCUT2D eigenvalue weighted by molar-refractivity contribution is 0.533. The number of halogens is 1. The number of rotatable bonds is 6. The fraction of sp³-hybridized carbons (Fsp3) is 0.538. The van der Waals surface area contributed by atoms with E-state index in [2.05, 4.69) is 24.5 Å². The predicted molar refractivity (Wildman–Crippen MR) is 71.9 cm³/mol. The summed E-state index contributed by atoms with van der Waals surface area (Å²) in [4.78, 5) is 2.16. The van der Waals surface area contributed by atoms with Gasteiger partial charge in [0, 0.05) is 19.3 Å². The van der Waals surface area contributed by atoms with E-state index < -0.39 is 0 Å². The average Bonchev–Trinajstić information content (AvgIpc) is 2.29. The summed E-state index contributed by atoms with van der Waals surface area (Å²) in [7, 11) is 2.04. The van der Waals surface area contributed by atoms with E-state index in [-0.39, 0.29) is 5.82 Å². The minimum absolute atomic E-state index is 0.184. The molecule has 3 heteroatoms. The summed E-state index contributed by atoms with van der Waals surface area (Å²) in [6.07, 6.45) is 2.37. The minimum Gasteiger partial charge on any atom is -0.374 e. The molecule has 1 atom stereocenters. The highest BCUT2D eigenvalue weighted by Gasteiger charge is 2.09. The van der Waals surface area contributed by atoms with Crippen LogP contribution in [0.5, 0.6) is 0 Å². The Hall–Kier alpha value is -0.700. The molecule has 1 aromatic rings. The van der Waals surface area contributed by atoms with Crippen LogP contribution in [-0.2, 0) is 0 Å². The molecule has 0 spiro atoms. The van der Waals surface area contributed by atoms with Crippen molar-refractivity contribution in [2.75, 3.05) is 24.2 Å². The Bertz CT molecular complexity index is 299. The van der Waals surface area contributed by atoms with Crippen molar-refractivity contribution in [3.8, 4) is 0 Å². The minimum atomic E-state index is -0.184. The molecule has 1 aromatic carbocycles. The van der Waals surface area contributed by atoms with Crippen LogP contribution in [0.15, 0.2) is 24.3 Å².